The molecule has 5 atom stereocenters. The van der Waals surface area contributed by atoms with Crippen molar-refractivity contribution in [2.45, 2.75) is 43.9 Å². The monoisotopic (exact) mass is 504 g/mol. The number of aliphatic hydroxyl groups is 1. The van der Waals surface area contributed by atoms with E-state index in [1.807, 2.05) is 60.7 Å². The summed E-state index contributed by atoms with van der Waals surface area (Å²) in [5.41, 5.74) is 2.29. The maximum absolute atomic E-state index is 12.8. The van der Waals surface area contributed by atoms with E-state index in [2.05, 4.69) is 6.58 Å². The SMILES string of the molecule is C=CCOC1OC(COCc2ccccc2)C(OCc2ccccc2)C(O)C1OC(=O)c1ccccc1. The molecular formula is C30H32O7. The van der Waals surface area contributed by atoms with E-state index in [4.69, 9.17) is 23.7 Å². The third kappa shape index (κ3) is 7.58. The topological polar surface area (TPSA) is 83.5 Å². The van der Waals surface area contributed by atoms with Crippen LogP contribution in [0.25, 0.3) is 0 Å². The number of hydrogen-bond donors (Lipinski definition) is 1. The van der Waals surface area contributed by atoms with Crippen molar-refractivity contribution in [3.8, 4) is 0 Å². The Bertz CT molecular complexity index is 1090. The highest BCUT2D eigenvalue weighted by atomic mass is 16.7. The van der Waals surface area contributed by atoms with Crippen LogP contribution in [0.5, 0.6) is 0 Å². The van der Waals surface area contributed by atoms with E-state index in [0.29, 0.717) is 12.2 Å². The van der Waals surface area contributed by atoms with Crippen LogP contribution in [0.2, 0.25) is 0 Å². The van der Waals surface area contributed by atoms with Crippen molar-refractivity contribution in [2.24, 2.45) is 0 Å². The molecule has 7 heteroatoms. The summed E-state index contributed by atoms with van der Waals surface area (Å²) >= 11 is 0. The Morgan fingerprint density at radius 1 is 0.838 bits per heavy atom. The second kappa shape index (κ2) is 13.8. The van der Waals surface area contributed by atoms with Gasteiger partial charge in [-0.05, 0) is 23.3 Å². The van der Waals surface area contributed by atoms with Crippen LogP contribution < -0.4 is 0 Å². The zero-order valence-electron chi connectivity index (χ0n) is 20.6. The maximum Gasteiger partial charge on any atom is 0.338 e. The van der Waals surface area contributed by atoms with Crippen LogP contribution >= 0.6 is 0 Å². The molecule has 0 saturated carbocycles. The van der Waals surface area contributed by atoms with E-state index < -0.39 is 36.7 Å². The minimum atomic E-state index is -1.23. The second-order valence-corrected chi connectivity index (χ2v) is 8.65. The van der Waals surface area contributed by atoms with Crippen LogP contribution in [0, 0.1) is 0 Å². The van der Waals surface area contributed by atoms with Crippen LogP contribution in [-0.2, 0) is 36.9 Å². The summed E-state index contributed by atoms with van der Waals surface area (Å²) in [7, 11) is 0. The van der Waals surface area contributed by atoms with Crippen LogP contribution in [0.4, 0.5) is 0 Å². The molecule has 0 aliphatic carbocycles. The zero-order chi connectivity index (χ0) is 25.9. The fourth-order valence-electron chi connectivity index (χ4n) is 4.06. The van der Waals surface area contributed by atoms with E-state index in [1.54, 1.807) is 36.4 Å². The van der Waals surface area contributed by atoms with Gasteiger partial charge in [0.15, 0.2) is 12.4 Å². The van der Waals surface area contributed by atoms with Crippen molar-refractivity contribution in [3.05, 3.63) is 120 Å². The minimum Gasteiger partial charge on any atom is -0.450 e. The third-order valence-electron chi connectivity index (χ3n) is 5.93. The Morgan fingerprint density at radius 3 is 2.05 bits per heavy atom. The molecule has 1 heterocycles. The molecule has 7 nitrogen and oxygen atoms in total. The molecule has 3 aromatic rings. The summed E-state index contributed by atoms with van der Waals surface area (Å²) in [6.07, 6.45) is -3.35. The molecule has 5 unspecified atom stereocenters. The largest absolute Gasteiger partial charge is 0.450 e. The van der Waals surface area contributed by atoms with Crippen molar-refractivity contribution >= 4 is 5.97 Å². The first-order valence-corrected chi connectivity index (χ1v) is 12.2. The highest BCUT2D eigenvalue weighted by Gasteiger charge is 2.49. The Morgan fingerprint density at radius 2 is 1.43 bits per heavy atom. The quantitative estimate of drug-likeness (QED) is 0.291. The predicted octanol–water partition coefficient (Wildman–Crippen LogP) is 4.30. The van der Waals surface area contributed by atoms with Gasteiger partial charge in [0.05, 0.1) is 32.0 Å². The number of aliphatic hydroxyl groups excluding tert-OH is 1. The van der Waals surface area contributed by atoms with Crippen LogP contribution in [0.15, 0.2) is 104 Å². The number of esters is 1. The zero-order valence-corrected chi connectivity index (χ0v) is 20.6. The number of benzene rings is 3. The first-order chi connectivity index (χ1) is 18.2. The summed E-state index contributed by atoms with van der Waals surface area (Å²) in [5.74, 6) is -0.596. The normalized spacial score (nSPS) is 23.3. The van der Waals surface area contributed by atoms with Crippen LogP contribution in [0.1, 0.15) is 21.5 Å². The van der Waals surface area contributed by atoms with Crippen LogP contribution in [-0.4, -0.2) is 55.0 Å². The lowest BCUT2D eigenvalue weighted by atomic mass is 9.98. The summed E-state index contributed by atoms with van der Waals surface area (Å²) in [5, 5.41) is 11.4. The molecule has 1 aliphatic heterocycles. The van der Waals surface area contributed by atoms with Gasteiger partial charge in [-0.2, -0.15) is 0 Å². The first kappa shape index (κ1) is 26.7. The van der Waals surface area contributed by atoms with Crippen molar-refractivity contribution in [1.29, 1.82) is 0 Å². The molecule has 4 rings (SSSR count). The molecule has 0 aromatic heterocycles. The molecule has 1 N–H and O–H groups in total. The third-order valence-corrected chi connectivity index (χ3v) is 5.93. The minimum absolute atomic E-state index is 0.138. The molecule has 1 aliphatic rings. The Hall–Kier alpha value is -3.33. The van der Waals surface area contributed by atoms with Crippen molar-refractivity contribution in [2.75, 3.05) is 13.2 Å². The fraction of sp³-hybridized carbons (Fsp3) is 0.300. The Labute approximate surface area is 217 Å². The summed E-state index contributed by atoms with van der Waals surface area (Å²) in [6.45, 7) is 4.56. The van der Waals surface area contributed by atoms with E-state index in [1.165, 1.54) is 0 Å². The standard InChI is InChI=1S/C30H32O7/c1-2-18-34-30-28(37-29(32)24-16-10-5-11-17-24)26(31)27(35-20-23-14-8-4-9-15-23)25(36-30)21-33-19-22-12-6-3-7-13-22/h2-17,25-28,30-31H,1,18-21H2. The second-order valence-electron chi connectivity index (χ2n) is 8.65. The summed E-state index contributed by atoms with van der Waals surface area (Å²) in [6, 6.07) is 27.9. The summed E-state index contributed by atoms with van der Waals surface area (Å²) < 4.78 is 29.7. The Kier molecular flexibility index (Phi) is 9.99. The number of rotatable bonds is 12. The average Bonchev–Trinajstić information content (AvgIpc) is 2.94. The van der Waals surface area contributed by atoms with Gasteiger partial charge in [0.25, 0.3) is 0 Å². The lowest BCUT2D eigenvalue weighted by Crippen LogP contribution is -2.61. The van der Waals surface area contributed by atoms with Gasteiger partial charge in [0, 0.05) is 0 Å². The molecule has 0 spiro atoms. The van der Waals surface area contributed by atoms with Gasteiger partial charge in [0.1, 0.15) is 18.3 Å². The number of hydrogen-bond acceptors (Lipinski definition) is 7. The molecule has 1 saturated heterocycles. The fourth-order valence-corrected chi connectivity index (χ4v) is 4.06. The molecule has 3 aromatic carbocycles. The molecule has 0 bridgehead atoms. The number of carbonyl (C=O) groups excluding carboxylic acids is 1. The predicted molar refractivity (Wildman–Crippen MR) is 138 cm³/mol. The molecule has 194 valence electrons. The van der Waals surface area contributed by atoms with E-state index in [9.17, 15) is 9.90 Å². The molecule has 1 fully saturated rings. The lowest BCUT2D eigenvalue weighted by Gasteiger charge is -2.43. The molecular weight excluding hydrogens is 472 g/mol. The highest BCUT2D eigenvalue weighted by Crippen LogP contribution is 2.29. The van der Waals surface area contributed by atoms with Gasteiger partial charge < -0.3 is 28.8 Å². The Balaban J connectivity index is 1.51. The summed E-state index contributed by atoms with van der Waals surface area (Å²) in [4.78, 5) is 12.8. The van der Waals surface area contributed by atoms with Gasteiger partial charge in [-0.15, -0.1) is 6.58 Å². The number of ether oxygens (including phenoxy) is 5. The van der Waals surface area contributed by atoms with Gasteiger partial charge in [-0.3, -0.25) is 0 Å². The van der Waals surface area contributed by atoms with Gasteiger partial charge in [-0.1, -0.05) is 84.9 Å². The lowest BCUT2D eigenvalue weighted by molar-refractivity contribution is -0.307. The molecule has 0 amide bonds. The average molecular weight is 505 g/mol. The van der Waals surface area contributed by atoms with E-state index >= 15 is 0 Å². The highest BCUT2D eigenvalue weighted by molar-refractivity contribution is 5.89. The van der Waals surface area contributed by atoms with Gasteiger partial charge >= 0.3 is 5.97 Å². The van der Waals surface area contributed by atoms with E-state index in [0.717, 1.165) is 11.1 Å². The number of carbonyl (C=O) groups is 1. The van der Waals surface area contributed by atoms with Crippen LogP contribution in [0.3, 0.4) is 0 Å². The first-order valence-electron chi connectivity index (χ1n) is 12.2. The van der Waals surface area contributed by atoms with E-state index in [-0.39, 0.29) is 19.8 Å². The van der Waals surface area contributed by atoms with Crippen molar-refractivity contribution in [1.82, 2.24) is 0 Å². The van der Waals surface area contributed by atoms with Crippen molar-refractivity contribution in [3.63, 3.8) is 0 Å². The smallest absolute Gasteiger partial charge is 0.338 e. The molecule has 0 radical (unpaired) electrons. The van der Waals surface area contributed by atoms with Gasteiger partial charge in [0.2, 0.25) is 0 Å². The molecule has 37 heavy (non-hydrogen) atoms. The van der Waals surface area contributed by atoms with Crippen molar-refractivity contribution < 1.29 is 33.6 Å². The maximum atomic E-state index is 12.8. The van der Waals surface area contributed by atoms with Gasteiger partial charge in [-0.25, -0.2) is 4.79 Å².